The van der Waals surface area contributed by atoms with E-state index < -0.39 is 6.04 Å². The van der Waals surface area contributed by atoms with E-state index in [-0.39, 0.29) is 6.61 Å². The van der Waals surface area contributed by atoms with Gasteiger partial charge in [-0.25, -0.2) is 0 Å². The van der Waals surface area contributed by atoms with Gasteiger partial charge in [0.2, 0.25) is 0 Å². The molecule has 0 aromatic carbocycles. The van der Waals surface area contributed by atoms with Crippen molar-refractivity contribution < 1.29 is 9.63 Å². The summed E-state index contributed by atoms with van der Waals surface area (Å²) in [6.45, 7) is -0.215. The number of aliphatic hydroxyl groups is 1. The Morgan fingerprint density at radius 1 is 1.56 bits per heavy atom. The normalized spacial score (nSPS) is 13.0. The van der Waals surface area contributed by atoms with Crippen LogP contribution in [0.3, 0.4) is 0 Å². The zero-order chi connectivity index (χ0) is 11.7. The lowest BCUT2D eigenvalue weighted by Gasteiger charge is -1.98. The summed E-state index contributed by atoms with van der Waals surface area (Å²) in [6, 6.07) is 1.26. The molecule has 2 heterocycles. The largest absolute Gasteiger partial charge is 0.394 e. The standard InChI is InChI=1S/C8H7Br2N3O2S/c9-5-1-3(6(10)16-5)8-12-7(13-15-8)4(11)2-14/h1,4,14H,2,11H2. The van der Waals surface area contributed by atoms with E-state index in [4.69, 9.17) is 15.4 Å². The molecule has 2 aromatic heterocycles. The first-order valence-electron chi connectivity index (χ1n) is 4.27. The fraction of sp³-hybridized carbons (Fsp3) is 0.250. The summed E-state index contributed by atoms with van der Waals surface area (Å²) >= 11 is 8.27. The van der Waals surface area contributed by atoms with Crippen molar-refractivity contribution >= 4 is 43.2 Å². The summed E-state index contributed by atoms with van der Waals surface area (Å²) < 4.78 is 6.93. The Balaban J connectivity index is 2.35. The number of aromatic nitrogens is 2. The molecule has 3 N–H and O–H groups in total. The number of halogens is 2. The van der Waals surface area contributed by atoms with Crippen molar-refractivity contribution in [2.24, 2.45) is 5.73 Å². The number of rotatable bonds is 3. The molecular weight excluding hydrogens is 362 g/mol. The average Bonchev–Trinajstić information content (AvgIpc) is 2.83. The van der Waals surface area contributed by atoms with Crippen LogP contribution in [0.25, 0.3) is 11.5 Å². The van der Waals surface area contributed by atoms with Gasteiger partial charge in [0.05, 0.1) is 25.8 Å². The molecule has 0 aliphatic carbocycles. The van der Waals surface area contributed by atoms with Gasteiger partial charge in [-0.1, -0.05) is 5.16 Å². The average molecular weight is 369 g/mol. The van der Waals surface area contributed by atoms with Gasteiger partial charge in [0.1, 0.15) is 0 Å². The van der Waals surface area contributed by atoms with E-state index in [1.54, 1.807) is 0 Å². The van der Waals surface area contributed by atoms with Crippen molar-refractivity contribution in [3.8, 4) is 11.5 Å². The summed E-state index contributed by atoms with van der Waals surface area (Å²) in [4.78, 5) is 4.12. The summed E-state index contributed by atoms with van der Waals surface area (Å²) in [6.07, 6.45) is 0. The maximum Gasteiger partial charge on any atom is 0.260 e. The molecule has 0 aliphatic heterocycles. The second-order valence-corrected chi connectivity index (χ2v) is 6.73. The molecule has 1 unspecified atom stereocenters. The molecule has 86 valence electrons. The van der Waals surface area contributed by atoms with Crippen molar-refractivity contribution in [1.29, 1.82) is 0 Å². The van der Waals surface area contributed by atoms with Crippen molar-refractivity contribution in [3.63, 3.8) is 0 Å². The first kappa shape index (κ1) is 12.2. The molecule has 0 radical (unpaired) electrons. The van der Waals surface area contributed by atoms with Gasteiger partial charge in [0.15, 0.2) is 5.82 Å². The molecule has 2 rings (SSSR count). The molecule has 0 spiro atoms. The molecule has 0 amide bonds. The van der Waals surface area contributed by atoms with Crippen molar-refractivity contribution in [1.82, 2.24) is 10.1 Å². The van der Waals surface area contributed by atoms with E-state index in [1.807, 2.05) is 6.07 Å². The van der Waals surface area contributed by atoms with Gasteiger partial charge >= 0.3 is 0 Å². The third kappa shape index (κ3) is 2.35. The number of nitrogens with two attached hydrogens (primary N) is 1. The zero-order valence-corrected chi connectivity index (χ0v) is 11.8. The van der Waals surface area contributed by atoms with E-state index in [2.05, 4.69) is 42.0 Å². The van der Waals surface area contributed by atoms with E-state index in [0.717, 1.165) is 13.1 Å². The third-order valence-corrected chi connectivity index (χ3v) is 4.20. The van der Waals surface area contributed by atoms with Crippen molar-refractivity contribution in [3.05, 3.63) is 19.5 Å². The Bertz CT molecular complexity index is 499. The molecule has 2 aromatic rings. The smallest absolute Gasteiger partial charge is 0.260 e. The summed E-state index contributed by atoms with van der Waals surface area (Å²) in [5, 5.41) is 12.6. The SMILES string of the molecule is NC(CO)c1noc(-c2cc(Br)sc2Br)n1. The number of hydrogen-bond acceptors (Lipinski definition) is 6. The van der Waals surface area contributed by atoms with Gasteiger partial charge in [-0.15, -0.1) is 11.3 Å². The topological polar surface area (TPSA) is 85.2 Å². The zero-order valence-electron chi connectivity index (χ0n) is 7.85. The lowest BCUT2D eigenvalue weighted by atomic mass is 10.3. The van der Waals surface area contributed by atoms with Crippen molar-refractivity contribution in [2.45, 2.75) is 6.04 Å². The lowest BCUT2D eigenvalue weighted by Crippen LogP contribution is -2.15. The van der Waals surface area contributed by atoms with Crippen LogP contribution in [0.4, 0.5) is 0 Å². The highest BCUT2D eigenvalue weighted by atomic mass is 79.9. The van der Waals surface area contributed by atoms with Gasteiger partial charge in [0, 0.05) is 0 Å². The molecule has 0 saturated carbocycles. The molecule has 0 aliphatic rings. The number of hydrogen-bond donors (Lipinski definition) is 2. The second-order valence-electron chi connectivity index (χ2n) is 2.98. The maximum atomic E-state index is 8.87. The Hall–Kier alpha value is -0.280. The third-order valence-electron chi connectivity index (χ3n) is 1.86. The molecule has 0 saturated heterocycles. The number of thiophene rings is 1. The van der Waals surface area contributed by atoms with Crippen LogP contribution < -0.4 is 5.73 Å². The maximum absolute atomic E-state index is 8.87. The Morgan fingerprint density at radius 3 is 2.88 bits per heavy atom. The predicted octanol–water partition coefficient (Wildman–Crippen LogP) is 2.32. The highest BCUT2D eigenvalue weighted by Crippen LogP contribution is 2.37. The van der Waals surface area contributed by atoms with Crippen LogP contribution in [0, 0.1) is 0 Å². The molecular formula is C8H7Br2N3O2S. The first-order chi connectivity index (χ1) is 7.61. The van der Waals surface area contributed by atoms with Gasteiger partial charge in [-0.05, 0) is 37.9 Å². The van der Waals surface area contributed by atoms with Crippen molar-refractivity contribution in [2.75, 3.05) is 6.61 Å². The lowest BCUT2D eigenvalue weighted by molar-refractivity contribution is 0.260. The van der Waals surface area contributed by atoms with Gasteiger partial charge in [-0.3, -0.25) is 0 Å². The molecule has 5 nitrogen and oxygen atoms in total. The molecule has 0 fully saturated rings. The fourth-order valence-electron chi connectivity index (χ4n) is 1.06. The van der Waals surface area contributed by atoms with E-state index in [1.165, 1.54) is 11.3 Å². The van der Waals surface area contributed by atoms with Crippen LogP contribution in [0.15, 0.2) is 18.2 Å². The van der Waals surface area contributed by atoms with Crippen LogP contribution in [-0.4, -0.2) is 21.9 Å². The molecule has 0 bridgehead atoms. The summed E-state index contributed by atoms with van der Waals surface area (Å²) in [5.74, 6) is 0.680. The number of aliphatic hydroxyl groups excluding tert-OH is 1. The van der Waals surface area contributed by atoms with Crippen LogP contribution in [0.1, 0.15) is 11.9 Å². The van der Waals surface area contributed by atoms with Crippen LogP contribution in [-0.2, 0) is 0 Å². The van der Waals surface area contributed by atoms with Crippen LogP contribution in [0.5, 0.6) is 0 Å². The van der Waals surface area contributed by atoms with Gasteiger partial charge < -0.3 is 15.4 Å². The predicted molar refractivity (Wildman–Crippen MR) is 67.0 cm³/mol. The van der Waals surface area contributed by atoms with Gasteiger partial charge in [-0.2, -0.15) is 4.98 Å². The van der Waals surface area contributed by atoms with E-state index in [9.17, 15) is 0 Å². The van der Waals surface area contributed by atoms with Crippen LogP contribution in [0.2, 0.25) is 0 Å². The molecule has 1 atom stereocenters. The monoisotopic (exact) mass is 367 g/mol. The Labute approximate surface area is 112 Å². The number of nitrogens with zero attached hydrogens (tertiary/aromatic N) is 2. The Kier molecular flexibility index (Phi) is 3.75. The molecule has 8 heteroatoms. The minimum absolute atomic E-state index is 0.215. The minimum Gasteiger partial charge on any atom is -0.394 e. The Morgan fingerprint density at radius 2 is 2.31 bits per heavy atom. The fourth-order valence-corrected chi connectivity index (χ4v) is 3.84. The quantitative estimate of drug-likeness (QED) is 0.868. The minimum atomic E-state index is -0.613. The van der Waals surface area contributed by atoms with Gasteiger partial charge in [0.25, 0.3) is 5.89 Å². The van der Waals surface area contributed by atoms with E-state index >= 15 is 0 Å². The van der Waals surface area contributed by atoms with E-state index in [0.29, 0.717) is 11.7 Å². The highest BCUT2D eigenvalue weighted by molar-refractivity contribution is 9.12. The highest BCUT2D eigenvalue weighted by Gasteiger charge is 2.17. The first-order valence-corrected chi connectivity index (χ1v) is 6.67. The second kappa shape index (κ2) is 4.92. The van der Waals surface area contributed by atoms with Crippen LogP contribution >= 0.6 is 43.2 Å². The summed E-state index contributed by atoms with van der Waals surface area (Å²) in [7, 11) is 0. The molecule has 16 heavy (non-hydrogen) atoms. The summed E-state index contributed by atoms with van der Waals surface area (Å²) in [5.41, 5.74) is 6.38.